The summed E-state index contributed by atoms with van der Waals surface area (Å²) < 4.78 is 10.4. The van der Waals surface area contributed by atoms with Crippen LogP contribution in [-0.4, -0.2) is 43.4 Å². The van der Waals surface area contributed by atoms with Gasteiger partial charge in [-0.3, -0.25) is 4.79 Å². The van der Waals surface area contributed by atoms with Gasteiger partial charge in [0.05, 0.1) is 0 Å². The number of carbonyl (C=O) groups excluding carboxylic acids is 2. The van der Waals surface area contributed by atoms with Gasteiger partial charge in [-0.05, 0) is 40.5 Å². The quantitative estimate of drug-likeness (QED) is 0.820. The maximum Gasteiger partial charge on any atom is 0.407 e. The van der Waals surface area contributed by atoms with Crippen LogP contribution >= 0.6 is 0 Å². The summed E-state index contributed by atoms with van der Waals surface area (Å²) in [6, 6.07) is -0.173. The highest BCUT2D eigenvalue weighted by atomic mass is 16.6. The molecule has 2 amide bonds. The van der Waals surface area contributed by atoms with Gasteiger partial charge < -0.3 is 20.1 Å². The van der Waals surface area contributed by atoms with Crippen LogP contribution in [0.15, 0.2) is 0 Å². The van der Waals surface area contributed by atoms with E-state index in [1.807, 2.05) is 27.7 Å². The summed E-state index contributed by atoms with van der Waals surface area (Å²) in [5.74, 6) is 0.0589. The van der Waals surface area contributed by atoms with E-state index in [0.29, 0.717) is 19.8 Å². The van der Waals surface area contributed by atoms with Gasteiger partial charge in [-0.25, -0.2) is 4.79 Å². The molecule has 6 nitrogen and oxygen atoms in total. The van der Waals surface area contributed by atoms with Crippen molar-refractivity contribution >= 4 is 12.0 Å². The minimum atomic E-state index is -0.519. The summed E-state index contributed by atoms with van der Waals surface area (Å²) in [6.07, 6.45) is 1.06. The van der Waals surface area contributed by atoms with E-state index in [0.717, 1.165) is 12.8 Å². The number of amides is 2. The molecule has 1 aliphatic rings. The van der Waals surface area contributed by atoms with Gasteiger partial charge in [0.1, 0.15) is 5.60 Å². The predicted octanol–water partition coefficient (Wildman–Crippen LogP) is 1.44. The van der Waals surface area contributed by atoms with Gasteiger partial charge in [0.15, 0.2) is 0 Å². The molecule has 1 atom stereocenters. The summed E-state index contributed by atoms with van der Waals surface area (Å²) in [5, 5.41) is 5.55. The molecular weight excluding hydrogens is 260 g/mol. The second-order valence-corrected chi connectivity index (χ2v) is 6.18. The molecule has 1 saturated heterocycles. The van der Waals surface area contributed by atoms with Crippen LogP contribution in [0.2, 0.25) is 0 Å². The molecule has 6 heteroatoms. The highest BCUT2D eigenvalue weighted by Gasteiger charge is 2.22. The zero-order valence-electron chi connectivity index (χ0n) is 12.8. The van der Waals surface area contributed by atoms with Crippen LogP contribution in [0, 0.1) is 5.92 Å². The fourth-order valence-electron chi connectivity index (χ4n) is 1.92. The molecule has 0 aromatic carbocycles. The average molecular weight is 286 g/mol. The molecule has 116 valence electrons. The van der Waals surface area contributed by atoms with Crippen molar-refractivity contribution in [2.45, 2.75) is 52.2 Å². The first-order valence-electron chi connectivity index (χ1n) is 7.13. The van der Waals surface area contributed by atoms with Crippen molar-refractivity contribution in [2.75, 3.05) is 19.8 Å². The average Bonchev–Trinajstić information content (AvgIpc) is 2.34. The first-order chi connectivity index (χ1) is 9.28. The zero-order valence-corrected chi connectivity index (χ0v) is 12.8. The van der Waals surface area contributed by atoms with Gasteiger partial charge in [0.2, 0.25) is 5.91 Å². The lowest BCUT2D eigenvalue weighted by Gasteiger charge is -2.24. The molecular formula is C14H26N2O4. The molecule has 1 heterocycles. The van der Waals surface area contributed by atoms with Crippen LogP contribution in [-0.2, 0) is 14.3 Å². The Hall–Kier alpha value is -1.30. The van der Waals surface area contributed by atoms with E-state index in [9.17, 15) is 9.59 Å². The number of nitrogens with one attached hydrogen (secondary N) is 2. The van der Waals surface area contributed by atoms with Crippen LogP contribution in [0.4, 0.5) is 4.79 Å². The van der Waals surface area contributed by atoms with Crippen molar-refractivity contribution in [3.63, 3.8) is 0 Å². The van der Waals surface area contributed by atoms with E-state index in [1.54, 1.807) is 0 Å². The molecule has 0 spiro atoms. The smallest absolute Gasteiger partial charge is 0.407 e. The summed E-state index contributed by atoms with van der Waals surface area (Å²) >= 11 is 0. The lowest BCUT2D eigenvalue weighted by molar-refractivity contribution is -0.127. The third kappa shape index (κ3) is 6.75. The number of ether oxygens (including phenoxy) is 2. The normalized spacial score (nSPS) is 18.2. The second kappa shape index (κ2) is 7.47. The van der Waals surface area contributed by atoms with E-state index < -0.39 is 11.7 Å². The molecule has 1 fully saturated rings. The third-order valence-corrected chi connectivity index (χ3v) is 2.94. The van der Waals surface area contributed by atoms with Crippen LogP contribution < -0.4 is 10.6 Å². The van der Waals surface area contributed by atoms with Crippen molar-refractivity contribution in [3.05, 3.63) is 0 Å². The standard InChI is InChI=1S/C14H26N2O4/c1-10(16-13(18)20-14(2,3)4)9-15-12(17)11-5-7-19-8-6-11/h10-11H,5-9H2,1-4H3,(H,15,17)(H,16,18). The Labute approximate surface area is 120 Å². The van der Waals surface area contributed by atoms with Gasteiger partial charge in [-0.15, -0.1) is 0 Å². The summed E-state index contributed by atoms with van der Waals surface area (Å²) in [5.41, 5.74) is -0.519. The van der Waals surface area contributed by atoms with E-state index >= 15 is 0 Å². The van der Waals surface area contributed by atoms with Gasteiger partial charge in [0, 0.05) is 31.7 Å². The van der Waals surface area contributed by atoms with Crippen LogP contribution in [0.25, 0.3) is 0 Å². The molecule has 1 aliphatic heterocycles. The van der Waals surface area contributed by atoms with Crippen LogP contribution in [0.1, 0.15) is 40.5 Å². The number of alkyl carbamates (subject to hydrolysis) is 1. The van der Waals surface area contributed by atoms with Crippen molar-refractivity contribution < 1.29 is 19.1 Å². The SMILES string of the molecule is CC(CNC(=O)C1CCOCC1)NC(=O)OC(C)(C)C. The monoisotopic (exact) mass is 286 g/mol. The fourth-order valence-corrected chi connectivity index (χ4v) is 1.92. The lowest BCUT2D eigenvalue weighted by Crippen LogP contribution is -2.45. The van der Waals surface area contributed by atoms with Gasteiger partial charge in [-0.1, -0.05) is 0 Å². The topological polar surface area (TPSA) is 76.7 Å². The predicted molar refractivity (Wildman–Crippen MR) is 75.4 cm³/mol. The minimum absolute atomic E-state index is 0.0254. The molecule has 0 aromatic rings. The number of rotatable bonds is 4. The van der Waals surface area contributed by atoms with Crippen molar-refractivity contribution in [1.29, 1.82) is 0 Å². The third-order valence-electron chi connectivity index (χ3n) is 2.94. The second-order valence-electron chi connectivity index (χ2n) is 6.18. The first-order valence-corrected chi connectivity index (χ1v) is 7.13. The number of carbonyl (C=O) groups is 2. The fraction of sp³-hybridized carbons (Fsp3) is 0.857. The Morgan fingerprint density at radius 2 is 1.90 bits per heavy atom. The molecule has 2 N–H and O–H groups in total. The van der Waals surface area contributed by atoms with Gasteiger partial charge >= 0.3 is 6.09 Å². The lowest BCUT2D eigenvalue weighted by atomic mass is 9.99. The number of hydrogen-bond donors (Lipinski definition) is 2. The van der Waals surface area contributed by atoms with E-state index in [1.165, 1.54) is 0 Å². The van der Waals surface area contributed by atoms with Crippen molar-refractivity contribution in [1.82, 2.24) is 10.6 Å². The van der Waals surface area contributed by atoms with Gasteiger partial charge in [0.25, 0.3) is 0 Å². The highest BCUT2D eigenvalue weighted by molar-refractivity contribution is 5.78. The molecule has 1 rings (SSSR count). The maximum atomic E-state index is 11.9. The van der Waals surface area contributed by atoms with E-state index in [-0.39, 0.29) is 17.9 Å². The summed E-state index contributed by atoms with van der Waals surface area (Å²) in [6.45, 7) is 8.94. The Balaban J connectivity index is 2.23. The van der Waals surface area contributed by atoms with Crippen LogP contribution in [0.5, 0.6) is 0 Å². The van der Waals surface area contributed by atoms with Crippen molar-refractivity contribution in [2.24, 2.45) is 5.92 Å². The number of hydrogen-bond acceptors (Lipinski definition) is 4. The molecule has 0 aliphatic carbocycles. The molecule has 0 radical (unpaired) electrons. The summed E-state index contributed by atoms with van der Waals surface area (Å²) in [7, 11) is 0. The molecule has 20 heavy (non-hydrogen) atoms. The Kier molecular flexibility index (Phi) is 6.26. The molecule has 0 bridgehead atoms. The van der Waals surface area contributed by atoms with E-state index in [4.69, 9.17) is 9.47 Å². The molecule has 0 aromatic heterocycles. The first kappa shape index (κ1) is 16.8. The minimum Gasteiger partial charge on any atom is -0.444 e. The maximum absolute atomic E-state index is 11.9. The van der Waals surface area contributed by atoms with Crippen LogP contribution in [0.3, 0.4) is 0 Å². The highest BCUT2D eigenvalue weighted by Crippen LogP contribution is 2.14. The molecule has 0 saturated carbocycles. The Bertz CT molecular complexity index is 333. The summed E-state index contributed by atoms with van der Waals surface area (Å²) in [4.78, 5) is 23.5. The zero-order chi connectivity index (χ0) is 15.2. The van der Waals surface area contributed by atoms with Crippen molar-refractivity contribution in [3.8, 4) is 0 Å². The van der Waals surface area contributed by atoms with Gasteiger partial charge in [-0.2, -0.15) is 0 Å². The Morgan fingerprint density at radius 1 is 1.30 bits per heavy atom. The van der Waals surface area contributed by atoms with E-state index in [2.05, 4.69) is 10.6 Å². The Morgan fingerprint density at radius 3 is 2.45 bits per heavy atom. The molecule has 1 unspecified atom stereocenters. The largest absolute Gasteiger partial charge is 0.444 e.